The van der Waals surface area contributed by atoms with Crippen LogP contribution in [0.15, 0.2) is 108 Å². The summed E-state index contributed by atoms with van der Waals surface area (Å²) in [7, 11) is 1.56. The fraction of sp³-hybridized carbons (Fsp3) is 0.0714. The first-order valence-corrected chi connectivity index (χ1v) is 12.1. The summed E-state index contributed by atoms with van der Waals surface area (Å²) in [5.41, 5.74) is 2.27. The van der Waals surface area contributed by atoms with Gasteiger partial charge in [0.15, 0.2) is 0 Å². The number of nitro groups is 1. The fourth-order valence-electron chi connectivity index (χ4n) is 3.50. The van der Waals surface area contributed by atoms with E-state index < -0.39 is 10.2 Å². The lowest BCUT2D eigenvalue weighted by molar-refractivity contribution is -0.384. The number of thioether (sulfide) groups is 1. The number of nitrogens with zero attached hydrogens (tertiary/aromatic N) is 1. The second kappa shape index (κ2) is 11.9. The van der Waals surface area contributed by atoms with Gasteiger partial charge in [-0.2, -0.15) is 0 Å². The average molecular weight is 514 g/mol. The molecule has 1 unspecified atom stereocenters. The van der Waals surface area contributed by atoms with Crippen LogP contribution in [0.25, 0.3) is 0 Å². The van der Waals surface area contributed by atoms with E-state index in [1.165, 1.54) is 36.0 Å². The largest absolute Gasteiger partial charge is 0.497 e. The Morgan fingerprint density at radius 3 is 2.19 bits per heavy atom. The van der Waals surface area contributed by atoms with E-state index in [2.05, 4.69) is 10.6 Å². The molecular weight excluding hydrogens is 490 g/mol. The first-order valence-electron chi connectivity index (χ1n) is 11.3. The molecule has 8 nitrogen and oxygen atoms in total. The van der Waals surface area contributed by atoms with Gasteiger partial charge in [-0.1, -0.05) is 36.4 Å². The molecule has 4 rings (SSSR count). The van der Waals surface area contributed by atoms with Gasteiger partial charge in [-0.05, 0) is 60.2 Å². The molecule has 0 aliphatic rings. The van der Waals surface area contributed by atoms with Crippen molar-refractivity contribution in [3.8, 4) is 5.75 Å². The standard InChI is InChI=1S/C28H23N3O5S/c1-36-24-16-10-20(11-17-24)27(32)30-22-8-5-9-25(18-22)37-26(19-6-3-2-4-7-19)28(33)29-21-12-14-23(15-13-21)31(34)35/h2-18,26H,1H3,(H,29,33)(H,30,32). The number of nitro benzene ring substituents is 1. The lowest BCUT2D eigenvalue weighted by Crippen LogP contribution is -2.19. The van der Waals surface area contributed by atoms with E-state index in [0.29, 0.717) is 22.7 Å². The Balaban J connectivity index is 1.51. The Hall–Kier alpha value is -4.63. The molecule has 0 heterocycles. The maximum atomic E-state index is 13.3. The summed E-state index contributed by atoms with van der Waals surface area (Å²) in [6, 6.07) is 29.0. The SMILES string of the molecule is COc1ccc(C(=O)Nc2cccc(SC(C(=O)Nc3ccc([N+](=O)[O-])cc3)c3ccccc3)c2)cc1. The highest BCUT2D eigenvalue weighted by Crippen LogP contribution is 2.37. The van der Waals surface area contributed by atoms with Crippen LogP contribution in [0.5, 0.6) is 5.75 Å². The van der Waals surface area contributed by atoms with E-state index in [9.17, 15) is 19.7 Å². The number of ether oxygens (including phenoxy) is 1. The van der Waals surface area contributed by atoms with Crippen molar-refractivity contribution in [1.29, 1.82) is 0 Å². The fourth-order valence-corrected chi connectivity index (χ4v) is 4.59. The summed E-state index contributed by atoms with van der Waals surface area (Å²) in [6.45, 7) is 0. The number of methoxy groups -OCH3 is 1. The minimum absolute atomic E-state index is 0.0551. The number of non-ortho nitro benzene ring substituents is 1. The maximum Gasteiger partial charge on any atom is 0.269 e. The third-order valence-corrected chi connectivity index (χ3v) is 6.63. The lowest BCUT2D eigenvalue weighted by Gasteiger charge is -2.18. The van der Waals surface area contributed by atoms with E-state index in [-0.39, 0.29) is 17.5 Å². The van der Waals surface area contributed by atoms with Crippen LogP contribution in [0.1, 0.15) is 21.2 Å². The predicted molar refractivity (Wildman–Crippen MR) is 144 cm³/mol. The molecule has 0 saturated carbocycles. The molecule has 2 amide bonds. The molecule has 0 fully saturated rings. The lowest BCUT2D eigenvalue weighted by atomic mass is 10.1. The van der Waals surface area contributed by atoms with Gasteiger partial charge in [0.1, 0.15) is 11.0 Å². The highest BCUT2D eigenvalue weighted by molar-refractivity contribution is 8.00. The average Bonchev–Trinajstić information content (AvgIpc) is 2.92. The number of nitrogens with one attached hydrogen (secondary N) is 2. The molecule has 186 valence electrons. The molecule has 4 aromatic rings. The molecule has 0 aliphatic heterocycles. The van der Waals surface area contributed by atoms with Gasteiger partial charge >= 0.3 is 0 Å². The molecule has 0 spiro atoms. The molecule has 37 heavy (non-hydrogen) atoms. The summed E-state index contributed by atoms with van der Waals surface area (Å²) in [4.78, 5) is 37.2. The van der Waals surface area contributed by atoms with Crippen LogP contribution in [-0.4, -0.2) is 23.8 Å². The first kappa shape index (κ1) is 25.5. The summed E-state index contributed by atoms with van der Waals surface area (Å²) in [6.07, 6.45) is 0. The van der Waals surface area contributed by atoms with Crippen LogP contribution < -0.4 is 15.4 Å². The van der Waals surface area contributed by atoms with E-state index in [4.69, 9.17) is 4.74 Å². The molecule has 0 aromatic heterocycles. The van der Waals surface area contributed by atoms with Gasteiger partial charge in [0.25, 0.3) is 11.6 Å². The van der Waals surface area contributed by atoms with Gasteiger partial charge in [0, 0.05) is 34.0 Å². The molecule has 4 aromatic carbocycles. The zero-order chi connectivity index (χ0) is 26.2. The third kappa shape index (κ3) is 6.74. The summed E-state index contributed by atoms with van der Waals surface area (Å²) < 4.78 is 5.13. The van der Waals surface area contributed by atoms with Crippen LogP contribution in [0.2, 0.25) is 0 Å². The first-order chi connectivity index (χ1) is 17.9. The van der Waals surface area contributed by atoms with Crippen molar-refractivity contribution >= 4 is 40.6 Å². The summed E-state index contributed by atoms with van der Waals surface area (Å²) in [5.74, 6) is 0.118. The van der Waals surface area contributed by atoms with Crippen LogP contribution >= 0.6 is 11.8 Å². The number of benzene rings is 4. The van der Waals surface area contributed by atoms with Crippen LogP contribution in [0, 0.1) is 10.1 Å². The van der Waals surface area contributed by atoms with Crippen molar-refractivity contribution in [2.75, 3.05) is 17.7 Å². The van der Waals surface area contributed by atoms with Crippen molar-refractivity contribution < 1.29 is 19.2 Å². The van der Waals surface area contributed by atoms with Gasteiger partial charge in [-0.25, -0.2) is 0 Å². The minimum Gasteiger partial charge on any atom is -0.497 e. The van der Waals surface area contributed by atoms with Crippen molar-refractivity contribution in [3.63, 3.8) is 0 Å². The zero-order valence-corrected chi connectivity index (χ0v) is 20.6. The van der Waals surface area contributed by atoms with E-state index in [0.717, 1.165) is 10.5 Å². The molecule has 0 radical (unpaired) electrons. The molecule has 0 saturated heterocycles. The maximum absolute atomic E-state index is 13.3. The quantitative estimate of drug-likeness (QED) is 0.154. The van der Waals surface area contributed by atoms with E-state index >= 15 is 0 Å². The number of amides is 2. The Bertz CT molecular complexity index is 1390. The van der Waals surface area contributed by atoms with Gasteiger partial charge < -0.3 is 15.4 Å². The number of rotatable bonds is 9. The molecule has 0 aliphatic carbocycles. The molecule has 1 atom stereocenters. The topological polar surface area (TPSA) is 111 Å². The Morgan fingerprint density at radius 1 is 0.838 bits per heavy atom. The van der Waals surface area contributed by atoms with Crippen LogP contribution in [0.3, 0.4) is 0 Å². The Labute approximate surface area is 217 Å². The second-order valence-corrected chi connectivity index (χ2v) is 9.09. The highest BCUT2D eigenvalue weighted by atomic mass is 32.2. The molecule has 2 N–H and O–H groups in total. The van der Waals surface area contributed by atoms with E-state index in [1.54, 1.807) is 43.5 Å². The van der Waals surface area contributed by atoms with Gasteiger partial charge in [-0.15, -0.1) is 11.8 Å². The zero-order valence-electron chi connectivity index (χ0n) is 19.8. The van der Waals surface area contributed by atoms with Crippen molar-refractivity contribution in [3.05, 3.63) is 124 Å². The van der Waals surface area contributed by atoms with Gasteiger partial charge in [0.05, 0.1) is 12.0 Å². The third-order valence-electron chi connectivity index (χ3n) is 5.38. The minimum atomic E-state index is -0.607. The number of carbonyl (C=O) groups excluding carboxylic acids is 2. The summed E-state index contributed by atoms with van der Waals surface area (Å²) >= 11 is 1.33. The molecule has 9 heteroatoms. The number of hydrogen-bond acceptors (Lipinski definition) is 6. The van der Waals surface area contributed by atoms with Crippen molar-refractivity contribution in [1.82, 2.24) is 0 Å². The van der Waals surface area contributed by atoms with E-state index in [1.807, 2.05) is 42.5 Å². The summed E-state index contributed by atoms with van der Waals surface area (Å²) in [5, 5.41) is 16.0. The van der Waals surface area contributed by atoms with Crippen molar-refractivity contribution in [2.45, 2.75) is 10.1 Å². The molecular formula is C28H23N3O5S. The smallest absolute Gasteiger partial charge is 0.269 e. The number of anilines is 2. The molecule has 0 bridgehead atoms. The Morgan fingerprint density at radius 2 is 1.54 bits per heavy atom. The Kier molecular flexibility index (Phi) is 8.17. The van der Waals surface area contributed by atoms with Gasteiger partial charge in [0.2, 0.25) is 5.91 Å². The van der Waals surface area contributed by atoms with Crippen LogP contribution in [0.4, 0.5) is 17.1 Å². The second-order valence-electron chi connectivity index (χ2n) is 7.91. The monoisotopic (exact) mass is 513 g/mol. The predicted octanol–water partition coefficient (Wildman–Crippen LogP) is 6.33. The van der Waals surface area contributed by atoms with Crippen LogP contribution in [-0.2, 0) is 4.79 Å². The normalized spacial score (nSPS) is 11.3. The van der Waals surface area contributed by atoms with Crippen molar-refractivity contribution in [2.24, 2.45) is 0 Å². The highest BCUT2D eigenvalue weighted by Gasteiger charge is 2.23. The van der Waals surface area contributed by atoms with Gasteiger partial charge in [-0.3, -0.25) is 19.7 Å². The number of hydrogen-bond donors (Lipinski definition) is 2. The number of carbonyl (C=O) groups is 2.